The third-order valence-electron chi connectivity index (χ3n) is 3.39. The van der Waals surface area contributed by atoms with Crippen LogP contribution < -0.4 is 11.1 Å². The standard InChI is InChI=1S/C14H18FN3O6/c1-7-4-5-9(18(21)22)8(10(7)15)6-17-12(14(20)24-3)11(16)13(19)23-2/h4-5,11-12,17H,6,16H2,1-3H3. The van der Waals surface area contributed by atoms with Gasteiger partial charge >= 0.3 is 11.9 Å². The molecule has 132 valence electrons. The Balaban J connectivity index is 3.11. The molecule has 0 spiro atoms. The summed E-state index contributed by atoms with van der Waals surface area (Å²) < 4.78 is 23.2. The Morgan fingerprint density at radius 1 is 1.33 bits per heavy atom. The van der Waals surface area contributed by atoms with Crippen LogP contribution >= 0.6 is 0 Å². The Bertz CT molecular complexity index is 652. The van der Waals surface area contributed by atoms with Crippen LogP contribution in [0.25, 0.3) is 0 Å². The molecule has 0 saturated carbocycles. The molecule has 0 amide bonds. The van der Waals surface area contributed by atoms with Gasteiger partial charge in [-0.25, -0.2) is 4.39 Å². The fourth-order valence-corrected chi connectivity index (χ4v) is 2.04. The van der Waals surface area contributed by atoms with Crippen molar-refractivity contribution in [2.24, 2.45) is 5.73 Å². The lowest BCUT2D eigenvalue weighted by atomic mass is 10.1. The molecule has 3 N–H and O–H groups in total. The molecule has 0 radical (unpaired) electrons. The number of halogens is 1. The van der Waals surface area contributed by atoms with E-state index in [0.29, 0.717) is 0 Å². The van der Waals surface area contributed by atoms with E-state index in [1.807, 2.05) is 0 Å². The molecule has 0 aliphatic rings. The Kier molecular flexibility index (Phi) is 6.74. The first-order valence-electron chi connectivity index (χ1n) is 6.81. The third kappa shape index (κ3) is 4.24. The van der Waals surface area contributed by atoms with E-state index in [2.05, 4.69) is 14.8 Å². The van der Waals surface area contributed by atoms with Crippen LogP contribution in [0, 0.1) is 22.9 Å². The minimum Gasteiger partial charge on any atom is -0.468 e. The second-order valence-corrected chi connectivity index (χ2v) is 4.88. The number of rotatable bonds is 7. The Hall–Kier alpha value is -2.59. The molecule has 2 atom stereocenters. The van der Waals surface area contributed by atoms with Crippen molar-refractivity contribution in [2.45, 2.75) is 25.6 Å². The molecule has 0 bridgehead atoms. The highest BCUT2D eigenvalue weighted by Gasteiger charge is 2.33. The van der Waals surface area contributed by atoms with E-state index in [1.54, 1.807) is 0 Å². The number of nitrogens with zero attached hydrogens (tertiary/aromatic N) is 1. The highest BCUT2D eigenvalue weighted by Crippen LogP contribution is 2.24. The Morgan fingerprint density at radius 2 is 1.92 bits per heavy atom. The van der Waals surface area contributed by atoms with Crippen molar-refractivity contribution in [3.63, 3.8) is 0 Å². The summed E-state index contributed by atoms with van der Waals surface area (Å²) in [6, 6.07) is -0.353. The zero-order valence-corrected chi connectivity index (χ0v) is 13.4. The van der Waals surface area contributed by atoms with Gasteiger partial charge in [0.05, 0.1) is 24.7 Å². The number of hydrogen-bond donors (Lipinski definition) is 2. The van der Waals surface area contributed by atoms with Crippen LogP contribution in [-0.4, -0.2) is 43.2 Å². The SMILES string of the molecule is COC(=O)C(N)C(NCc1c([N+](=O)[O-])ccc(C)c1F)C(=O)OC. The van der Waals surface area contributed by atoms with Crippen molar-refractivity contribution < 1.29 is 28.4 Å². The highest BCUT2D eigenvalue weighted by atomic mass is 19.1. The number of esters is 2. The second-order valence-electron chi connectivity index (χ2n) is 4.88. The van der Waals surface area contributed by atoms with Crippen molar-refractivity contribution in [3.8, 4) is 0 Å². The fourth-order valence-electron chi connectivity index (χ4n) is 2.04. The number of nitrogens with one attached hydrogen (secondary N) is 1. The minimum atomic E-state index is -1.42. The van der Waals surface area contributed by atoms with E-state index >= 15 is 0 Å². The van der Waals surface area contributed by atoms with Crippen LogP contribution in [0.3, 0.4) is 0 Å². The number of nitro groups is 1. The van der Waals surface area contributed by atoms with Crippen molar-refractivity contribution in [2.75, 3.05) is 14.2 Å². The average molecular weight is 343 g/mol. The lowest BCUT2D eigenvalue weighted by molar-refractivity contribution is -0.385. The highest BCUT2D eigenvalue weighted by molar-refractivity contribution is 5.86. The van der Waals surface area contributed by atoms with Crippen LogP contribution in [0.5, 0.6) is 0 Å². The van der Waals surface area contributed by atoms with Gasteiger partial charge in [-0.1, -0.05) is 0 Å². The number of carbonyl (C=O) groups is 2. The summed E-state index contributed by atoms with van der Waals surface area (Å²) in [4.78, 5) is 33.6. The van der Waals surface area contributed by atoms with Gasteiger partial charge in [0.25, 0.3) is 5.69 Å². The predicted molar refractivity (Wildman–Crippen MR) is 80.4 cm³/mol. The lowest BCUT2D eigenvalue weighted by Crippen LogP contribution is -2.54. The van der Waals surface area contributed by atoms with Gasteiger partial charge < -0.3 is 15.2 Å². The number of methoxy groups -OCH3 is 2. The van der Waals surface area contributed by atoms with Gasteiger partial charge in [-0.3, -0.25) is 25.0 Å². The molecule has 0 heterocycles. The molecule has 2 unspecified atom stereocenters. The normalized spacial score (nSPS) is 13.0. The zero-order chi connectivity index (χ0) is 18.4. The lowest BCUT2D eigenvalue weighted by Gasteiger charge is -2.21. The van der Waals surface area contributed by atoms with Crippen LogP contribution in [0.1, 0.15) is 11.1 Å². The fraction of sp³-hybridized carbons (Fsp3) is 0.429. The monoisotopic (exact) mass is 343 g/mol. The van der Waals surface area contributed by atoms with Gasteiger partial charge in [-0.2, -0.15) is 0 Å². The maximum atomic E-state index is 14.2. The molecule has 0 fully saturated rings. The summed E-state index contributed by atoms with van der Waals surface area (Å²) in [5.41, 5.74) is 5.10. The number of hydrogen-bond acceptors (Lipinski definition) is 8. The molecular weight excluding hydrogens is 325 g/mol. The summed E-state index contributed by atoms with van der Waals surface area (Å²) in [6.45, 7) is 1.04. The number of nitro benzene ring substituents is 1. The van der Waals surface area contributed by atoms with E-state index < -0.39 is 47.0 Å². The van der Waals surface area contributed by atoms with Gasteiger partial charge in [0.1, 0.15) is 17.9 Å². The average Bonchev–Trinajstić information content (AvgIpc) is 2.56. The zero-order valence-electron chi connectivity index (χ0n) is 13.4. The van der Waals surface area contributed by atoms with Crippen LogP contribution in [0.4, 0.5) is 10.1 Å². The van der Waals surface area contributed by atoms with Crippen molar-refractivity contribution in [1.82, 2.24) is 5.32 Å². The second kappa shape index (κ2) is 8.31. The first-order valence-corrected chi connectivity index (χ1v) is 6.81. The number of aryl methyl sites for hydroxylation is 1. The predicted octanol–water partition coefficient (Wildman–Crippen LogP) is 0.174. The molecule has 9 nitrogen and oxygen atoms in total. The molecule has 1 aromatic rings. The smallest absolute Gasteiger partial charge is 0.325 e. The molecule has 0 saturated heterocycles. The summed E-state index contributed by atoms with van der Waals surface area (Å²) in [5.74, 6) is -2.56. The van der Waals surface area contributed by atoms with E-state index in [9.17, 15) is 24.1 Å². The largest absolute Gasteiger partial charge is 0.468 e. The Morgan fingerprint density at radius 3 is 2.42 bits per heavy atom. The molecule has 0 aliphatic carbocycles. The molecule has 0 aromatic heterocycles. The summed E-state index contributed by atoms with van der Waals surface area (Å²) in [7, 11) is 2.16. The topological polar surface area (TPSA) is 134 Å². The van der Waals surface area contributed by atoms with Crippen LogP contribution in [0.15, 0.2) is 12.1 Å². The van der Waals surface area contributed by atoms with Gasteiger partial charge in [-0.05, 0) is 18.6 Å². The molecule has 1 rings (SSSR count). The number of nitrogens with two attached hydrogens (primary N) is 1. The van der Waals surface area contributed by atoms with E-state index in [1.165, 1.54) is 13.0 Å². The van der Waals surface area contributed by atoms with E-state index in [4.69, 9.17) is 5.73 Å². The number of carbonyl (C=O) groups excluding carboxylic acids is 2. The molecule has 10 heteroatoms. The van der Waals surface area contributed by atoms with Crippen molar-refractivity contribution >= 4 is 17.6 Å². The van der Waals surface area contributed by atoms with Crippen molar-refractivity contribution in [3.05, 3.63) is 39.2 Å². The minimum absolute atomic E-state index is 0.198. The first-order chi connectivity index (χ1) is 11.2. The number of ether oxygens (including phenoxy) is 2. The van der Waals surface area contributed by atoms with Gasteiger partial charge in [0.2, 0.25) is 0 Å². The third-order valence-corrected chi connectivity index (χ3v) is 3.39. The maximum absolute atomic E-state index is 14.2. The van der Waals surface area contributed by atoms with E-state index in [-0.39, 0.29) is 11.1 Å². The van der Waals surface area contributed by atoms with Gasteiger partial charge in [0.15, 0.2) is 0 Å². The van der Waals surface area contributed by atoms with Crippen molar-refractivity contribution in [1.29, 1.82) is 0 Å². The van der Waals surface area contributed by atoms with Crippen LogP contribution in [-0.2, 0) is 25.6 Å². The van der Waals surface area contributed by atoms with Gasteiger partial charge in [0, 0.05) is 12.6 Å². The molecular formula is C14H18FN3O6. The Labute approximate surface area is 137 Å². The number of benzene rings is 1. The molecule has 0 aliphatic heterocycles. The van der Waals surface area contributed by atoms with E-state index in [0.717, 1.165) is 20.3 Å². The van der Waals surface area contributed by atoms with Gasteiger partial charge in [-0.15, -0.1) is 0 Å². The quantitative estimate of drug-likeness (QED) is 0.407. The maximum Gasteiger partial charge on any atom is 0.325 e. The summed E-state index contributed by atoms with van der Waals surface area (Å²) >= 11 is 0. The van der Waals surface area contributed by atoms with Crippen LogP contribution in [0.2, 0.25) is 0 Å². The first kappa shape index (κ1) is 19.5. The molecule has 24 heavy (non-hydrogen) atoms. The summed E-state index contributed by atoms with van der Waals surface area (Å²) in [5, 5.41) is 13.5. The molecule has 1 aromatic carbocycles. The summed E-state index contributed by atoms with van der Waals surface area (Å²) in [6.07, 6.45) is 0.